The van der Waals surface area contributed by atoms with E-state index in [-0.39, 0.29) is 12.1 Å². The number of ether oxygens (including phenoxy) is 1. The summed E-state index contributed by atoms with van der Waals surface area (Å²) < 4.78 is 38.0. The summed E-state index contributed by atoms with van der Waals surface area (Å²) in [6.07, 6.45) is 2.77. The summed E-state index contributed by atoms with van der Waals surface area (Å²) in [5.41, 5.74) is 2.87. The van der Waals surface area contributed by atoms with Crippen LogP contribution in [0.5, 0.6) is 0 Å². The van der Waals surface area contributed by atoms with Crippen molar-refractivity contribution < 1.29 is 27.3 Å². The molecule has 0 radical (unpaired) electrons. The van der Waals surface area contributed by atoms with E-state index in [4.69, 9.17) is 14.3 Å². The largest absolute Gasteiger partial charge is 0.468 e. The van der Waals surface area contributed by atoms with Crippen LogP contribution in [0.15, 0.2) is 60.0 Å². The Kier molecular flexibility index (Phi) is 8.02. The maximum atomic E-state index is 13.3. The molecule has 1 heterocycles. The first-order valence-electron chi connectivity index (χ1n) is 11.4. The van der Waals surface area contributed by atoms with Crippen LogP contribution >= 0.6 is 11.3 Å². The number of nitrogens with one attached hydrogen (secondary N) is 2. The number of carbonyl (C=O) groups excluding carboxylic acids is 2. The molecule has 9 nitrogen and oxygen atoms in total. The molecule has 11 heteroatoms. The van der Waals surface area contributed by atoms with Crippen molar-refractivity contribution in [2.75, 3.05) is 11.8 Å². The van der Waals surface area contributed by atoms with E-state index < -0.39 is 34.1 Å². The molecule has 3 N–H and O–H groups in total. The van der Waals surface area contributed by atoms with E-state index >= 15 is 0 Å². The van der Waals surface area contributed by atoms with Crippen LogP contribution in [0.3, 0.4) is 0 Å². The molecule has 1 amide bonds. The van der Waals surface area contributed by atoms with Crippen molar-refractivity contribution in [1.82, 2.24) is 10.3 Å². The summed E-state index contributed by atoms with van der Waals surface area (Å²) in [4.78, 5) is 30.6. The van der Waals surface area contributed by atoms with Gasteiger partial charge in [-0.05, 0) is 48.9 Å². The van der Waals surface area contributed by atoms with E-state index in [1.807, 2.05) is 40.4 Å². The first-order chi connectivity index (χ1) is 17.2. The Morgan fingerprint density at radius 1 is 1.08 bits per heavy atom. The number of amides is 1. The van der Waals surface area contributed by atoms with Gasteiger partial charge in [0, 0.05) is 11.3 Å². The summed E-state index contributed by atoms with van der Waals surface area (Å²) in [7, 11) is -3.12. The van der Waals surface area contributed by atoms with Crippen molar-refractivity contribution >= 4 is 39.2 Å². The third-order valence-corrected chi connectivity index (χ3v) is 7.35. The van der Waals surface area contributed by atoms with Crippen molar-refractivity contribution in [2.24, 2.45) is 5.92 Å². The summed E-state index contributed by atoms with van der Waals surface area (Å²) in [5, 5.41) is 5.74. The highest BCUT2D eigenvalue weighted by molar-refractivity contribution is 7.87. The lowest BCUT2D eigenvalue weighted by Gasteiger charge is -2.21. The highest BCUT2D eigenvalue weighted by Gasteiger charge is 2.32. The monoisotopic (exact) mass is 529 g/mol. The van der Waals surface area contributed by atoms with Gasteiger partial charge in [0.15, 0.2) is 0 Å². The van der Waals surface area contributed by atoms with Crippen molar-refractivity contribution in [3.05, 3.63) is 81.8 Å². The number of carbonyl (C=O) groups is 2. The first-order valence-corrected chi connectivity index (χ1v) is 13.8. The van der Waals surface area contributed by atoms with Gasteiger partial charge in [-0.15, -0.1) is 11.3 Å². The molecule has 1 saturated carbocycles. The molecule has 36 heavy (non-hydrogen) atoms. The predicted molar refractivity (Wildman–Crippen MR) is 136 cm³/mol. The normalized spacial score (nSPS) is 15.1. The van der Waals surface area contributed by atoms with Gasteiger partial charge in [0.2, 0.25) is 5.91 Å². The summed E-state index contributed by atoms with van der Waals surface area (Å²) >= 11 is 1.46. The third kappa shape index (κ3) is 7.12. The molecule has 0 spiro atoms. The Bertz CT molecular complexity index is 1310. The highest BCUT2D eigenvalue weighted by Crippen LogP contribution is 2.41. The number of aromatic nitrogens is 1. The minimum Gasteiger partial charge on any atom is -0.468 e. The fourth-order valence-corrected chi connectivity index (χ4v) is 5.25. The van der Waals surface area contributed by atoms with E-state index in [0.717, 1.165) is 34.7 Å². The van der Waals surface area contributed by atoms with Gasteiger partial charge in [0.25, 0.3) is 0 Å². The van der Waals surface area contributed by atoms with Crippen molar-refractivity contribution in [2.45, 2.75) is 37.6 Å². The number of esters is 1. The van der Waals surface area contributed by atoms with E-state index in [1.54, 1.807) is 12.1 Å². The van der Waals surface area contributed by atoms with Crippen LogP contribution in [0, 0.1) is 5.92 Å². The van der Waals surface area contributed by atoms with Crippen LogP contribution in [0.2, 0.25) is 0 Å². The zero-order chi connectivity index (χ0) is 25.7. The average molecular weight is 530 g/mol. The second kappa shape index (κ2) is 11.2. The molecule has 1 fully saturated rings. The lowest BCUT2D eigenvalue weighted by molar-refractivity contribution is -0.150. The molecule has 0 aliphatic heterocycles. The first kappa shape index (κ1) is 25.8. The number of thiazole rings is 1. The lowest BCUT2D eigenvalue weighted by atomic mass is 9.97. The number of benzene rings is 2. The molecule has 1 aromatic heterocycles. The number of rotatable bonds is 11. The number of hydrogen-bond donors (Lipinski definition) is 3. The molecular weight excluding hydrogens is 502 g/mol. The van der Waals surface area contributed by atoms with Gasteiger partial charge in [0.1, 0.15) is 10.9 Å². The molecule has 2 atom stereocenters. The van der Waals surface area contributed by atoms with E-state index in [2.05, 4.69) is 5.32 Å². The molecule has 0 bridgehead atoms. The molecule has 190 valence electrons. The maximum absolute atomic E-state index is 13.3. The zero-order valence-electron chi connectivity index (χ0n) is 19.6. The number of methoxy groups -OCH3 is 1. The van der Waals surface area contributed by atoms with Gasteiger partial charge in [-0.1, -0.05) is 42.5 Å². The minimum atomic E-state index is -4.38. The Morgan fingerprint density at radius 2 is 1.75 bits per heavy atom. The van der Waals surface area contributed by atoms with Crippen LogP contribution in [0.25, 0.3) is 0 Å². The second-order valence-electron chi connectivity index (χ2n) is 8.69. The van der Waals surface area contributed by atoms with Gasteiger partial charge < -0.3 is 10.1 Å². The van der Waals surface area contributed by atoms with Gasteiger partial charge in [-0.2, -0.15) is 8.42 Å². The summed E-state index contributed by atoms with van der Waals surface area (Å²) in [6, 6.07) is 15.2. The number of nitrogens with zero attached hydrogens (tertiary/aromatic N) is 1. The topological polar surface area (TPSA) is 135 Å². The van der Waals surface area contributed by atoms with E-state index in [9.17, 15) is 18.0 Å². The Balaban J connectivity index is 1.55. The Morgan fingerprint density at radius 3 is 2.36 bits per heavy atom. The van der Waals surface area contributed by atoms with Crippen LogP contribution in [-0.2, 0) is 37.5 Å². The van der Waals surface area contributed by atoms with Crippen molar-refractivity contribution in [1.29, 1.82) is 0 Å². The molecular formula is C25H27N3O6S2. The molecule has 3 aromatic rings. The van der Waals surface area contributed by atoms with Gasteiger partial charge in [-0.3, -0.25) is 18.9 Å². The Labute approximate surface area is 213 Å². The quantitative estimate of drug-likeness (QED) is 0.196. The third-order valence-electron chi connectivity index (χ3n) is 5.88. The molecule has 4 rings (SSSR count). The minimum absolute atomic E-state index is 0.202. The van der Waals surface area contributed by atoms with Gasteiger partial charge in [0.05, 0.1) is 24.5 Å². The van der Waals surface area contributed by atoms with E-state index in [1.165, 1.54) is 30.6 Å². The zero-order valence-corrected chi connectivity index (χ0v) is 21.2. The maximum Gasteiger partial charge on any atom is 0.357 e. The summed E-state index contributed by atoms with van der Waals surface area (Å²) in [5.74, 6) is -1.64. The van der Waals surface area contributed by atoms with Crippen LogP contribution < -0.4 is 10.0 Å². The smallest absolute Gasteiger partial charge is 0.357 e. The second-order valence-corrected chi connectivity index (χ2v) is 10.7. The SMILES string of the molecule is COC(=O)[C@@H](Cc1ccccc1)C(=O)N[C@@H](Cc1ccc(NS(=O)(=O)O)cc1)c1nc(C2CC2)cs1. The lowest BCUT2D eigenvalue weighted by Crippen LogP contribution is -2.40. The summed E-state index contributed by atoms with van der Waals surface area (Å²) in [6.45, 7) is 0. The molecule has 1 aliphatic carbocycles. The standard InChI is InChI=1S/C25H27N3O6S2/c1-34-25(30)20(13-16-5-3-2-4-6-16)23(29)26-21(24-27-22(15-35-24)18-9-10-18)14-17-7-11-19(12-8-17)28-36(31,32)33/h2-8,11-12,15,18,20-21,28H,9-10,13-14H2,1H3,(H,26,29)(H,31,32,33)/t20-,21-/m0/s1. The Hall–Kier alpha value is -3.28. The molecule has 2 aromatic carbocycles. The highest BCUT2D eigenvalue weighted by atomic mass is 32.2. The fourth-order valence-electron chi connectivity index (χ4n) is 3.87. The van der Waals surface area contributed by atoms with Crippen LogP contribution in [0.4, 0.5) is 5.69 Å². The average Bonchev–Trinajstić information content (AvgIpc) is 3.59. The van der Waals surface area contributed by atoms with Gasteiger partial charge in [-0.25, -0.2) is 4.98 Å². The fraction of sp³-hybridized carbons (Fsp3) is 0.320. The van der Waals surface area contributed by atoms with E-state index in [0.29, 0.717) is 12.3 Å². The van der Waals surface area contributed by atoms with Crippen molar-refractivity contribution in [3.63, 3.8) is 0 Å². The number of hydrogen-bond acceptors (Lipinski definition) is 7. The predicted octanol–water partition coefficient (Wildman–Crippen LogP) is 3.67. The van der Waals surface area contributed by atoms with Gasteiger partial charge >= 0.3 is 16.3 Å². The van der Waals surface area contributed by atoms with Crippen LogP contribution in [-0.4, -0.2) is 36.9 Å². The van der Waals surface area contributed by atoms with Crippen molar-refractivity contribution in [3.8, 4) is 0 Å². The molecule has 1 aliphatic rings. The number of anilines is 1. The molecule has 0 unspecified atom stereocenters. The van der Waals surface area contributed by atoms with Crippen LogP contribution in [0.1, 0.15) is 46.6 Å². The molecule has 0 saturated heterocycles.